The van der Waals surface area contributed by atoms with Gasteiger partial charge in [0.25, 0.3) is 0 Å². The summed E-state index contributed by atoms with van der Waals surface area (Å²) in [7, 11) is 0. The largest absolute Gasteiger partial charge is 0.491 e. The molecular formula is C19H25NO2. The van der Waals surface area contributed by atoms with Crippen LogP contribution >= 0.6 is 0 Å². The smallest absolute Gasteiger partial charge is 0.122 e. The van der Waals surface area contributed by atoms with E-state index in [-0.39, 0.29) is 6.04 Å². The van der Waals surface area contributed by atoms with Crippen LogP contribution in [0.15, 0.2) is 48.5 Å². The maximum atomic E-state index is 10.1. The maximum absolute atomic E-state index is 10.1. The third-order valence-electron chi connectivity index (χ3n) is 3.73. The van der Waals surface area contributed by atoms with Gasteiger partial charge in [0.2, 0.25) is 0 Å². The molecule has 0 radical (unpaired) electrons. The van der Waals surface area contributed by atoms with Crippen molar-refractivity contribution in [2.45, 2.75) is 32.9 Å². The van der Waals surface area contributed by atoms with Crippen molar-refractivity contribution in [1.29, 1.82) is 0 Å². The molecule has 0 aromatic heterocycles. The summed E-state index contributed by atoms with van der Waals surface area (Å²) in [6, 6.07) is 16.5. The first-order valence-corrected chi connectivity index (χ1v) is 7.72. The Morgan fingerprint density at radius 3 is 2.55 bits per heavy atom. The highest BCUT2D eigenvalue weighted by molar-refractivity contribution is 5.35. The molecule has 118 valence electrons. The van der Waals surface area contributed by atoms with Crippen molar-refractivity contribution in [3.05, 3.63) is 65.2 Å². The number of aliphatic hydroxyl groups is 1. The van der Waals surface area contributed by atoms with Gasteiger partial charge in [0.05, 0.1) is 0 Å². The fourth-order valence-electron chi connectivity index (χ4n) is 2.28. The van der Waals surface area contributed by atoms with Crippen molar-refractivity contribution in [3.8, 4) is 5.75 Å². The van der Waals surface area contributed by atoms with Gasteiger partial charge in [-0.1, -0.05) is 42.5 Å². The number of aliphatic hydroxyl groups excluding tert-OH is 1. The van der Waals surface area contributed by atoms with Crippen LogP contribution in [-0.4, -0.2) is 24.4 Å². The molecule has 2 unspecified atom stereocenters. The second-order valence-corrected chi connectivity index (χ2v) is 5.77. The van der Waals surface area contributed by atoms with Crippen LogP contribution in [-0.2, 0) is 0 Å². The van der Waals surface area contributed by atoms with Gasteiger partial charge in [-0.15, -0.1) is 0 Å². The Kier molecular flexibility index (Phi) is 5.99. The zero-order valence-corrected chi connectivity index (χ0v) is 13.5. The Bertz CT molecular complexity index is 583. The van der Waals surface area contributed by atoms with E-state index in [9.17, 15) is 5.11 Å². The minimum Gasteiger partial charge on any atom is -0.491 e. The number of rotatable bonds is 7. The molecule has 2 aromatic carbocycles. The predicted molar refractivity (Wildman–Crippen MR) is 90.3 cm³/mol. The quantitative estimate of drug-likeness (QED) is 0.823. The Balaban J connectivity index is 1.78. The number of aryl methyl sites for hydroxylation is 2. The lowest BCUT2D eigenvalue weighted by atomic mass is 10.1. The zero-order chi connectivity index (χ0) is 15.9. The van der Waals surface area contributed by atoms with Crippen LogP contribution in [0.3, 0.4) is 0 Å². The van der Waals surface area contributed by atoms with E-state index in [4.69, 9.17) is 4.74 Å². The minimum atomic E-state index is -0.536. The highest BCUT2D eigenvalue weighted by Crippen LogP contribution is 2.19. The molecule has 0 aliphatic carbocycles. The summed E-state index contributed by atoms with van der Waals surface area (Å²) in [5, 5.41) is 13.4. The average molecular weight is 299 g/mol. The van der Waals surface area contributed by atoms with Gasteiger partial charge in [0.1, 0.15) is 18.5 Å². The first-order chi connectivity index (χ1) is 10.6. The molecular weight excluding hydrogens is 274 g/mol. The van der Waals surface area contributed by atoms with Crippen LogP contribution in [0.25, 0.3) is 0 Å². The third-order valence-corrected chi connectivity index (χ3v) is 3.73. The van der Waals surface area contributed by atoms with Crippen LogP contribution in [0.4, 0.5) is 0 Å². The average Bonchev–Trinajstić information content (AvgIpc) is 2.54. The number of nitrogens with one attached hydrogen (secondary N) is 1. The molecule has 0 heterocycles. The van der Waals surface area contributed by atoms with Gasteiger partial charge in [-0.3, -0.25) is 0 Å². The summed E-state index contributed by atoms with van der Waals surface area (Å²) >= 11 is 0. The van der Waals surface area contributed by atoms with Gasteiger partial charge >= 0.3 is 0 Å². The van der Waals surface area contributed by atoms with Crippen molar-refractivity contribution >= 4 is 0 Å². The molecule has 0 aliphatic rings. The van der Waals surface area contributed by atoms with Crippen LogP contribution in [0, 0.1) is 13.8 Å². The highest BCUT2D eigenvalue weighted by atomic mass is 16.5. The minimum absolute atomic E-state index is 0.205. The summed E-state index contributed by atoms with van der Waals surface area (Å²) in [4.78, 5) is 0. The van der Waals surface area contributed by atoms with Crippen LogP contribution in [0.5, 0.6) is 5.75 Å². The van der Waals surface area contributed by atoms with E-state index in [2.05, 4.69) is 30.4 Å². The van der Waals surface area contributed by atoms with Gasteiger partial charge in [0, 0.05) is 12.6 Å². The molecule has 2 atom stereocenters. The standard InChI is InChI=1S/C19H25NO2/c1-14-9-10-15(2)19(11-14)22-13-18(21)12-20-16(3)17-7-5-4-6-8-17/h4-11,16,18,20-21H,12-13H2,1-3H3. The number of ether oxygens (including phenoxy) is 1. The molecule has 22 heavy (non-hydrogen) atoms. The van der Waals surface area contributed by atoms with E-state index < -0.39 is 6.10 Å². The summed E-state index contributed by atoms with van der Waals surface area (Å²) in [5.41, 5.74) is 3.46. The topological polar surface area (TPSA) is 41.5 Å². The molecule has 2 rings (SSSR count). The molecule has 0 saturated carbocycles. The molecule has 2 aromatic rings. The fourth-order valence-corrected chi connectivity index (χ4v) is 2.28. The Labute approximate surface area is 133 Å². The Hall–Kier alpha value is -1.84. The van der Waals surface area contributed by atoms with Gasteiger partial charge in [-0.2, -0.15) is 0 Å². The van der Waals surface area contributed by atoms with E-state index in [0.29, 0.717) is 13.2 Å². The van der Waals surface area contributed by atoms with Crippen molar-refractivity contribution < 1.29 is 9.84 Å². The molecule has 0 aliphatic heterocycles. The number of benzene rings is 2. The number of hydrogen-bond acceptors (Lipinski definition) is 3. The highest BCUT2D eigenvalue weighted by Gasteiger charge is 2.10. The SMILES string of the molecule is Cc1ccc(C)c(OCC(O)CNC(C)c2ccccc2)c1. The van der Waals surface area contributed by atoms with Crippen LogP contribution in [0.2, 0.25) is 0 Å². The van der Waals surface area contributed by atoms with E-state index in [1.165, 1.54) is 5.56 Å². The molecule has 3 nitrogen and oxygen atoms in total. The monoisotopic (exact) mass is 299 g/mol. The van der Waals surface area contributed by atoms with Crippen molar-refractivity contribution in [2.24, 2.45) is 0 Å². The van der Waals surface area contributed by atoms with Gasteiger partial charge in [-0.05, 0) is 43.5 Å². The van der Waals surface area contributed by atoms with Gasteiger partial charge in [-0.25, -0.2) is 0 Å². The molecule has 2 N–H and O–H groups in total. The Morgan fingerprint density at radius 2 is 1.82 bits per heavy atom. The van der Waals surface area contributed by atoms with Gasteiger partial charge < -0.3 is 15.2 Å². The zero-order valence-electron chi connectivity index (χ0n) is 13.5. The van der Waals surface area contributed by atoms with Crippen molar-refractivity contribution in [1.82, 2.24) is 5.32 Å². The van der Waals surface area contributed by atoms with Gasteiger partial charge in [0.15, 0.2) is 0 Å². The number of hydrogen-bond donors (Lipinski definition) is 2. The Morgan fingerprint density at radius 1 is 1.09 bits per heavy atom. The van der Waals surface area contributed by atoms with E-state index >= 15 is 0 Å². The molecule has 0 amide bonds. The second kappa shape index (κ2) is 7.97. The molecule has 0 spiro atoms. The van der Waals surface area contributed by atoms with Crippen molar-refractivity contribution in [2.75, 3.05) is 13.2 Å². The lowest BCUT2D eigenvalue weighted by Gasteiger charge is -2.18. The van der Waals surface area contributed by atoms with E-state index in [0.717, 1.165) is 16.9 Å². The third kappa shape index (κ3) is 4.86. The van der Waals surface area contributed by atoms with E-state index in [1.807, 2.05) is 44.2 Å². The van der Waals surface area contributed by atoms with E-state index in [1.54, 1.807) is 0 Å². The van der Waals surface area contributed by atoms with Crippen molar-refractivity contribution in [3.63, 3.8) is 0 Å². The maximum Gasteiger partial charge on any atom is 0.122 e. The van der Waals surface area contributed by atoms with Crippen LogP contribution < -0.4 is 10.1 Å². The molecule has 0 bridgehead atoms. The predicted octanol–water partition coefficient (Wildman–Crippen LogP) is 3.39. The molecule has 0 saturated heterocycles. The lowest BCUT2D eigenvalue weighted by Crippen LogP contribution is -2.33. The summed E-state index contributed by atoms with van der Waals surface area (Å²) in [5.74, 6) is 0.843. The summed E-state index contributed by atoms with van der Waals surface area (Å²) < 4.78 is 5.73. The lowest BCUT2D eigenvalue weighted by molar-refractivity contribution is 0.104. The second-order valence-electron chi connectivity index (χ2n) is 5.77. The summed E-state index contributed by atoms with van der Waals surface area (Å²) in [6.45, 7) is 6.93. The molecule has 3 heteroatoms. The first-order valence-electron chi connectivity index (χ1n) is 7.72. The summed E-state index contributed by atoms with van der Waals surface area (Å²) in [6.07, 6.45) is -0.536. The normalized spacial score (nSPS) is 13.6. The van der Waals surface area contributed by atoms with Crippen LogP contribution in [0.1, 0.15) is 29.7 Å². The fraction of sp³-hybridized carbons (Fsp3) is 0.368. The molecule has 0 fully saturated rings. The first kappa shape index (κ1) is 16.5.